The first-order chi connectivity index (χ1) is 8.95. The third kappa shape index (κ3) is 2.73. The number of likely N-dealkylation sites (N-methyl/N-ethyl adjacent to an activating group) is 1. The molecule has 2 rings (SSSR count). The molecule has 0 radical (unpaired) electrons. The van der Waals surface area contributed by atoms with Crippen LogP contribution in [0.3, 0.4) is 0 Å². The number of hydrogen-bond donors (Lipinski definition) is 1. The highest BCUT2D eigenvalue weighted by Gasteiger charge is 2.37. The van der Waals surface area contributed by atoms with Crippen LogP contribution in [0.1, 0.15) is 22.8 Å². The number of amides is 1. The van der Waals surface area contributed by atoms with E-state index in [0.29, 0.717) is 19.6 Å². The number of carbonyl (C=O) groups excluding carboxylic acids is 1. The molecule has 1 saturated heterocycles. The first kappa shape index (κ1) is 13.9. The number of carbonyl (C=O) groups is 1. The summed E-state index contributed by atoms with van der Waals surface area (Å²) in [5, 5.41) is 3.01. The third-order valence-electron chi connectivity index (χ3n) is 3.27. The number of nitrogens with zero attached hydrogens (tertiary/aromatic N) is 1. The van der Waals surface area contributed by atoms with Gasteiger partial charge in [-0.2, -0.15) is 13.2 Å². The maximum Gasteiger partial charge on any atom is 0.417 e. The van der Waals surface area contributed by atoms with Gasteiger partial charge in [-0.15, -0.1) is 0 Å². The van der Waals surface area contributed by atoms with Crippen molar-refractivity contribution in [1.82, 2.24) is 10.2 Å². The van der Waals surface area contributed by atoms with Gasteiger partial charge >= 0.3 is 6.18 Å². The van der Waals surface area contributed by atoms with Crippen LogP contribution >= 0.6 is 0 Å². The van der Waals surface area contributed by atoms with Crippen LogP contribution in [0.15, 0.2) is 24.3 Å². The Morgan fingerprint density at radius 2 is 2.00 bits per heavy atom. The molecular formula is C13H15F3N2O. The van der Waals surface area contributed by atoms with Crippen molar-refractivity contribution >= 4 is 5.91 Å². The van der Waals surface area contributed by atoms with Gasteiger partial charge in [0.25, 0.3) is 5.91 Å². The molecule has 3 nitrogen and oxygen atoms in total. The maximum absolute atomic E-state index is 12.9. The van der Waals surface area contributed by atoms with Crippen molar-refractivity contribution < 1.29 is 18.0 Å². The van der Waals surface area contributed by atoms with Crippen molar-refractivity contribution in [2.24, 2.45) is 0 Å². The van der Waals surface area contributed by atoms with Gasteiger partial charge in [0.2, 0.25) is 0 Å². The summed E-state index contributed by atoms with van der Waals surface area (Å²) >= 11 is 0. The van der Waals surface area contributed by atoms with Crippen LogP contribution in [0.5, 0.6) is 0 Å². The lowest BCUT2D eigenvalue weighted by Gasteiger charge is -2.38. The fourth-order valence-electron chi connectivity index (χ4n) is 2.13. The topological polar surface area (TPSA) is 32.3 Å². The average molecular weight is 272 g/mol. The van der Waals surface area contributed by atoms with E-state index in [1.165, 1.54) is 23.1 Å². The van der Waals surface area contributed by atoms with Crippen molar-refractivity contribution in [3.63, 3.8) is 0 Å². The van der Waals surface area contributed by atoms with Crippen LogP contribution in [-0.2, 0) is 6.18 Å². The van der Waals surface area contributed by atoms with Crippen LogP contribution in [0.4, 0.5) is 13.2 Å². The Morgan fingerprint density at radius 1 is 1.37 bits per heavy atom. The van der Waals surface area contributed by atoms with E-state index in [1.54, 1.807) is 6.92 Å². The van der Waals surface area contributed by atoms with Gasteiger partial charge in [-0.3, -0.25) is 4.79 Å². The molecule has 0 bridgehead atoms. The average Bonchev–Trinajstić information content (AvgIpc) is 2.31. The molecule has 1 amide bonds. The van der Waals surface area contributed by atoms with Gasteiger partial charge in [0.15, 0.2) is 0 Å². The van der Waals surface area contributed by atoms with Crippen LogP contribution in [0, 0.1) is 0 Å². The summed E-state index contributed by atoms with van der Waals surface area (Å²) in [6.07, 6.45) is -4.51. The normalized spacial score (nSPS) is 16.0. The molecule has 1 aliphatic heterocycles. The van der Waals surface area contributed by atoms with Crippen molar-refractivity contribution in [2.45, 2.75) is 19.1 Å². The highest BCUT2D eigenvalue weighted by atomic mass is 19.4. The Hall–Kier alpha value is -1.56. The standard InChI is InChI=1S/C13H15F3N2O/c1-2-18(9-7-17-8-9)12(19)10-5-3-4-6-11(10)13(14,15)16/h3-6,9,17H,2,7-8H2,1H3. The molecule has 19 heavy (non-hydrogen) atoms. The number of halogens is 3. The summed E-state index contributed by atoms with van der Waals surface area (Å²) in [5.74, 6) is -0.554. The summed E-state index contributed by atoms with van der Waals surface area (Å²) in [6, 6.07) is 4.91. The van der Waals surface area contributed by atoms with E-state index in [0.717, 1.165) is 6.07 Å². The van der Waals surface area contributed by atoms with Crippen molar-refractivity contribution in [2.75, 3.05) is 19.6 Å². The second kappa shape index (κ2) is 5.21. The molecule has 0 aromatic heterocycles. The smallest absolute Gasteiger partial charge is 0.333 e. The summed E-state index contributed by atoms with van der Waals surface area (Å²) in [6.45, 7) is 3.44. The fraction of sp³-hybridized carbons (Fsp3) is 0.462. The zero-order valence-electron chi connectivity index (χ0n) is 10.5. The Labute approximate surface area is 109 Å². The molecule has 1 aliphatic rings. The quantitative estimate of drug-likeness (QED) is 0.914. The minimum atomic E-state index is -4.51. The molecule has 0 unspecified atom stereocenters. The Kier molecular flexibility index (Phi) is 3.80. The van der Waals surface area contributed by atoms with E-state index >= 15 is 0 Å². The van der Waals surface area contributed by atoms with Crippen LogP contribution in [0.25, 0.3) is 0 Å². The minimum absolute atomic E-state index is 0.0150. The first-order valence-corrected chi connectivity index (χ1v) is 6.13. The van der Waals surface area contributed by atoms with Gasteiger partial charge < -0.3 is 10.2 Å². The third-order valence-corrected chi connectivity index (χ3v) is 3.27. The van der Waals surface area contributed by atoms with Crippen molar-refractivity contribution in [3.8, 4) is 0 Å². The van der Waals surface area contributed by atoms with E-state index in [9.17, 15) is 18.0 Å². The summed E-state index contributed by atoms with van der Waals surface area (Å²) in [4.78, 5) is 13.8. The molecule has 0 spiro atoms. The monoisotopic (exact) mass is 272 g/mol. The van der Waals surface area contributed by atoms with Crippen LogP contribution < -0.4 is 5.32 Å². The lowest BCUT2D eigenvalue weighted by Crippen LogP contribution is -2.58. The number of benzene rings is 1. The van der Waals surface area contributed by atoms with E-state index < -0.39 is 17.6 Å². The zero-order valence-corrected chi connectivity index (χ0v) is 10.5. The molecule has 0 atom stereocenters. The highest BCUT2D eigenvalue weighted by Crippen LogP contribution is 2.32. The Bertz CT molecular complexity index is 469. The first-order valence-electron chi connectivity index (χ1n) is 6.13. The summed E-state index contributed by atoms with van der Waals surface area (Å²) in [7, 11) is 0. The molecule has 104 valence electrons. The number of alkyl halides is 3. The highest BCUT2D eigenvalue weighted by molar-refractivity contribution is 5.96. The lowest BCUT2D eigenvalue weighted by atomic mass is 10.0. The lowest BCUT2D eigenvalue weighted by molar-refractivity contribution is -0.138. The van der Waals surface area contributed by atoms with E-state index in [2.05, 4.69) is 5.32 Å². The van der Waals surface area contributed by atoms with Gasteiger partial charge in [0, 0.05) is 19.6 Å². The van der Waals surface area contributed by atoms with Gasteiger partial charge in [0.05, 0.1) is 17.2 Å². The van der Waals surface area contributed by atoms with Crippen molar-refractivity contribution in [3.05, 3.63) is 35.4 Å². The number of rotatable bonds is 3. The fourth-order valence-corrected chi connectivity index (χ4v) is 2.13. The predicted octanol–water partition coefficient (Wildman–Crippen LogP) is 2.14. The molecule has 6 heteroatoms. The molecule has 1 N–H and O–H groups in total. The minimum Gasteiger partial charge on any atom is -0.333 e. The number of hydrogen-bond acceptors (Lipinski definition) is 2. The second-order valence-electron chi connectivity index (χ2n) is 4.45. The Morgan fingerprint density at radius 3 is 2.47 bits per heavy atom. The SMILES string of the molecule is CCN(C(=O)c1ccccc1C(F)(F)F)C1CNC1. The maximum atomic E-state index is 12.9. The van der Waals surface area contributed by atoms with E-state index in [-0.39, 0.29) is 11.6 Å². The number of nitrogens with one attached hydrogen (secondary N) is 1. The molecular weight excluding hydrogens is 257 g/mol. The Balaban J connectivity index is 2.32. The van der Waals surface area contributed by atoms with Gasteiger partial charge in [-0.05, 0) is 19.1 Å². The van der Waals surface area contributed by atoms with E-state index in [1.807, 2.05) is 0 Å². The van der Waals surface area contributed by atoms with Crippen molar-refractivity contribution in [1.29, 1.82) is 0 Å². The van der Waals surface area contributed by atoms with Gasteiger partial charge in [-0.1, -0.05) is 12.1 Å². The molecule has 0 saturated carbocycles. The van der Waals surface area contributed by atoms with E-state index in [4.69, 9.17) is 0 Å². The molecule has 1 heterocycles. The van der Waals surface area contributed by atoms with Crippen LogP contribution in [-0.4, -0.2) is 36.5 Å². The van der Waals surface area contributed by atoms with Gasteiger partial charge in [-0.25, -0.2) is 0 Å². The summed E-state index contributed by atoms with van der Waals surface area (Å²) < 4.78 is 38.7. The molecule has 1 aromatic carbocycles. The largest absolute Gasteiger partial charge is 0.417 e. The molecule has 1 aromatic rings. The van der Waals surface area contributed by atoms with Gasteiger partial charge in [0.1, 0.15) is 0 Å². The summed E-state index contributed by atoms with van der Waals surface area (Å²) in [5.41, 5.74) is -1.14. The zero-order chi connectivity index (χ0) is 14.0. The predicted molar refractivity (Wildman–Crippen MR) is 64.8 cm³/mol. The van der Waals surface area contributed by atoms with Crippen LogP contribution in [0.2, 0.25) is 0 Å². The molecule has 0 aliphatic carbocycles. The molecule has 1 fully saturated rings. The second-order valence-corrected chi connectivity index (χ2v) is 4.45.